The van der Waals surface area contributed by atoms with E-state index in [0.29, 0.717) is 19.4 Å². The number of piperidine rings is 1. The molecule has 0 spiro atoms. The predicted octanol–water partition coefficient (Wildman–Crippen LogP) is 1.64. The molecule has 2 N–H and O–H groups in total. The number of aryl methyl sites for hydroxylation is 1. The lowest BCUT2D eigenvalue weighted by atomic mass is 9.97. The van der Waals surface area contributed by atoms with Crippen molar-refractivity contribution in [2.75, 3.05) is 13.1 Å². The topological polar surface area (TPSA) is 77.8 Å². The summed E-state index contributed by atoms with van der Waals surface area (Å²) in [6.07, 6.45) is 1.27. The van der Waals surface area contributed by atoms with Gasteiger partial charge in [0.1, 0.15) is 5.75 Å². The molecule has 1 saturated heterocycles. The minimum absolute atomic E-state index is 0.0620. The van der Waals surface area contributed by atoms with Gasteiger partial charge in [0.05, 0.1) is 11.5 Å². The van der Waals surface area contributed by atoms with E-state index in [4.69, 9.17) is 5.11 Å². The number of phenols is 1. The first-order valence-corrected chi connectivity index (χ1v) is 6.30. The molecule has 5 heteroatoms. The molecular formula is C14H17NO4. The second-order valence-electron chi connectivity index (χ2n) is 4.95. The van der Waals surface area contributed by atoms with Gasteiger partial charge in [-0.15, -0.1) is 0 Å². The van der Waals surface area contributed by atoms with Crippen LogP contribution in [0.4, 0.5) is 0 Å². The fraction of sp³-hybridized carbons (Fsp3) is 0.429. The Morgan fingerprint density at radius 1 is 1.37 bits per heavy atom. The molecule has 1 heterocycles. The van der Waals surface area contributed by atoms with Gasteiger partial charge in [0, 0.05) is 13.1 Å². The van der Waals surface area contributed by atoms with Gasteiger partial charge in [0.25, 0.3) is 5.91 Å². The van der Waals surface area contributed by atoms with E-state index < -0.39 is 11.9 Å². The molecule has 1 aromatic carbocycles. The Kier molecular flexibility index (Phi) is 3.74. The van der Waals surface area contributed by atoms with Crippen molar-refractivity contribution in [1.82, 2.24) is 4.90 Å². The Labute approximate surface area is 111 Å². The maximum Gasteiger partial charge on any atom is 0.308 e. The summed E-state index contributed by atoms with van der Waals surface area (Å²) in [5, 5.41) is 18.8. The third-order valence-electron chi connectivity index (χ3n) is 3.44. The van der Waals surface area contributed by atoms with Crippen LogP contribution in [0.25, 0.3) is 0 Å². The van der Waals surface area contributed by atoms with Crippen molar-refractivity contribution < 1.29 is 19.8 Å². The number of phenolic OH excluding ortho intramolecular Hbond substituents is 1. The summed E-state index contributed by atoms with van der Waals surface area (Å²) in [5.41, 5.74) is 1.12. The molecular weight excluding hydrogens is 246 g/mol. The molecule has 0 saturated carbocycles. The van der Waals surface area contributed by atoms with Gasteiger partial charge in [-0.1, -0.05) is 11.6 Å². The third-order valence-corrected chi connectivity index (χ3v) is 3.44. The Balaban J connectivity index is 2.19. The molecule has 2 rings (SSSR count). The van der Waals surface area contributed by atoms with E-state index >= 15 is 0 Å². The van der Waals surface area contributed by atoms with Crippen molar-refractivity contribution in [3.63, 3.8) is 0 Å². The second kappa shape index (κ2) is 5.30. The Bertz CT molecular complexity index is 512. The number of amides is 1. The van der Waals surface area contributed by atoms with E-state index in [-0.39, 0.29) is 23.8 Å². The average Bonchev–Trinajstić information content (AvgIpc) is 2.41. The highest BCUT2D eigenvalue weighted by molar-refractivity contribution is 5.97. The maximum atomic E-state index is 12.3. The van der Waals surface area contributed by atoms with Crippen LogP contribution in [0.2, 0.25) is 0 Å². The molecule has 1 amide bonds. The van der Waals surface area contributed by atoms with Crippen molar-refractivity contribution in [3.8, 4) is 5.75 Å². The zero-order chi connectivity index (χ0) is 14.0. The molecule has 0 bridgehead atoms. The molecule has 0 aliphatic carbocycles. The van der Waals surface area contributed by atoms with Crippen molar-refractivity contribution in [1.29, 1.82) is 0 Å². The smallest absolute Gasteiger partial charge is 0.308 e. The second-order valence-corrected chi connectivity index (χ2v) is 4.95. The Hall–Kier alpha value is -2.04. The summed E-state index contributed by atoms with van der Waals surface area (Å²) in [5.74, 6) is -1.74. The molecule has 1 aromatic rings. The molecule has 1 aliphatic rings. The van der Waals surface area contributed by atoms with Gasteiger partial charge in [-0.2, -0.15) is 0 Å². The van der Waals surface area contributed by atoms with Crippen LogP contribution < -0.4 is 0 Å². The Morgan fingerprint density at radius 3 is 2.79 bits per heavy atom. The first-order chi connectivity index (χ1) is 8.99. The van der Waals surface area contributed by atoms with E-state index in [1.165, 1.54) is 11.0 Å². The van der Waals surface area contributed by atoms with Crippen LogP contribution >= 0.6 is 0 Å². The highest BCUT2D eigenvalue weighted by atomic mass is 16.4. The van der Waals surface area contributed by atoms with Crippen molar-refractivity contribution >= 4 is 11.9 Å². The number of hydrogen-bond acceptors (Lipinski definition) is 3. The lowest BCUT2D eigenvalue weighted by Crippen LogP contribution is -2.42. The summed E-state index contributed by atoms with van der Waals surface area (Å²) >= 11 is 0. The minimum Gasteiger partial charge on any atom is -0.507 e. The monoisotopic (exact) mass is 263 g/mol. The third kappa shape index (κ3) is 2.86. The number of carboxylic acids is 1. The minimum atomic E-state index is -0.869. The summed E-state index contributed by atoms with van der Waals surface area (Å²) in [6, 6.07) is 4.84. The van der Waals surface area contributed by atoms with E-state index in [9.17, 15) is 14.7 Å². The number of hydrogen-bond donors (Lipinski definition) is 2. The molecule has 1 unspecified atom stereocenters. The quantitative estimate of drug-likeness (QED) is 0.850. The molecule has 19 heavy (non-hydrogen) atoms. The number of aromatic hydroxyl groups is 1. The Morgan fingerprint density at radius 2 is 2.11 bits per heavy atom. The highest BCUT2D eigenvalue weighted by Crippen LogP contribution is 2.23. The molecule has 102 valence electrons. The standard InChI is InChI=1S/C14H17NO4/c1-9-4-5-12(16)11(7-9)13(17)15-6-2-3-10(8-15)14(18)19/h4-5,7,10,16H,2-3,6,8H2,1H3,(H,18,19). The fourth-order valence-corrected chi connectivity index (χ4v) is 2.35. The molecule has 1 atom stereocenters. The summed E-state index contributed by atoms with van der Waals surface area (Å²) in [6.45, 7) is 2.59. The van der Waals surface area contributed by atoms with Gasteiger partial charge in [0.15, 0.2) is 0 Å². The van der Waals surface area contributed by atoms with E-state index in [2.05, 4.69) is 0 Å². The lowest BCUT2D eigenvalue weighted by Gasteiger charge is -2.31. The van der Waals surface area contributed by atoms with Crippen LogP contribution in [0, 0.1) is 12.8 Å². The number of nitrogens with zero attached hydrogens (tertiary/aromatic N) is 1. The van der Waals surface area contributed by atoms with Crippen LogP contribution in [0.15, 0.2) is 18.2 Å². The predicted molar refractivity (Wildman–Crippen MR) is 69.1 cm³/mol. The number of likely N-dealkylation sites (tertiary alicyclic amines) is 1. The summed E-state index contributed by atoms with van der Waals surface area (Å²) in [4.78, 5) is 24.8. The highest BCUT2D eigenvalue weighted by Gasteiger charge is 2.29. The largest absolute Gasteiger partial charge is 0.507 e. The van der Waals surface area contributed by atoms with Crippen molar-refractivity contribution in [3.05, 3.63) is 29.3 Å². The van der Waals surface area contributed by atoms with Crippen LogP contribution in [-0.4, -0.2) is 40.1 Å². The number of aliphatic carboxylic acids is 1. The first-order valence-electron chi connectivity index (χ1n) is 6.30. The van der Waals surface area contributed by atoms with Gasteiger partial charge in [-0.25, -0.2) is 0 Å². The van der Waals surface area contributed by atoms with Crippen LogP contribution in [-0.2, 0) is 4.79 Å². The maximum absolute atomic E-state index is 12.3. The van der Waals surface area contributed by atoms with Crippen LogP contribution in [0.3, 0.4) is 0 Å². The van der Waals surface area contributed by atoms with E-state index in [1.807, 2.05) is 6.92 Å². The van der Waals surface area contributed by atoms with Crippen molar-refractivity contribution in [2.45, 2.75) is 19.8 Å². The van der Waals surface area contributed by atoms with Crippen LogP contribution in [0.5, 0.6) is 5.75 Å². The number of benzene rings is 1. The zero-order valence-electron chi connectivity index (χ0n) is 10.8. The van der Waals surface area contributed by atoms with Crippen LogP contribution in [0.1, 0.15) is 28.8 Å². The first kappa shape index (κ1) is 13.4. The SMILES string of the molecule is Cc1ccc(O)c(C(=O)N2CCCC(C(=O)O)C2)c1. The number of carbonyl (C=O) groups is 2. The average molecular weight is 263 g/mol. The number of rotatable bonds is 2. The molecule has 1 fully saturated rings. The van der Waals surface area contributed by atoms with E-state index in [0.717, 1.165) is 5.56 Å². The molecule has 0 aromatic heterocycles. The number of carbonyl (C=O) groups excluding carboxylic acids is 1. The van der Waals surface area contributed by atoms with Gasteiger partial charge in [-0.05, 0) is 31.9 Å². The fourth-order valence-electron chi connectivity index (χ4n) is 2.35. The normalized spacial score (nSPS) is 19.2. The molecule has 5 nitrogen and oxygen atoms in total. The van der Waals surface area contributed by atoms with Gasteiger partial charge in [0.2, 0.25) is 0 Å². The van der Waals surface area contributed by atoms with Gasteiger partial charge in [-0.3, -0.25) is 9.59 Å². The lowest BCUT2D eigenvalue weighted by molar-refractivity contribution is -0.143. The zero-order valence-corrected chi connectivity index (χ0v) is 10.8. The number of carboxylic acid groups (broad SMARTS) is 1. The molecule has 1 aliphatic heterocycles. The summed E-state index contributed by atoms with van der Waals surface area (Å²) in [7, 11) is 0. The van der Waals surface area contributed by atoms with Crippen molar-refractivity contribution in [2.24, 2.45) is 5.92 Å². The molecule has 0 radical (unpaired) electrons. The summed E-state index contributed by atoms with van der Waals surface area (Å²) < 4.78 is 0. The van der Waals surface area contributed by atoms with Gasteiger partial charge < -0.3 is 15.1 Å². The van der Waals surface area contributed by atoms with Gasteiger partial charge >= 0.3 is 5.97 Å². The van der Waals surface area contributed by atoms with E-state index in [1.54, 1.807) is 12.1 Å².